The van der Waals surface area contributed by atoms with Crippen LogP contribution in [0.15, 0.2) is 6.20 Å². The van der Waals surface area contributed by atoms with Gasteiger partial charge >= 0.3 is 0 Å². The standard InChI is InChI=1S/C11H18BrN3O2/c1-8-10(6-15(3)13-8)11(16)14(2)5-9(12)7-17-4/h6,9H,5,7H2,1-4H3. The zero-order valence-electron chi connectivity index (χ0n) is 10.6. The molecule has 0 fully saturated rings. The minimum atomic E-state index is -0.0175. The molecule has 0 aliphatic heterocycles. The summed E-state index contributed by atoms with van der Waals surface area (Å²) in [4.78, 5) is 13.9. The fourth-order valence-electron chi connectivity index (χ4n) is 1.63. The molecular formula is C11H18BrN3O2. The van der Waals surface area contributed by atoms with E-state index in [0.29, 0.717) is 18.7 Å². The molecule has 1 amide bonds. The number of methoxy groups -OCH3 is 1. The van der Waals surface area contributed by atoms with Crippen molar-refractivity contribution in [1.82, 2.24) is 14.7 Å². The van der Waals surface area contributed by atoms with Crippen molar-refractivity contribution in [1.29, 1.82) is 0 Å². The molecule has 0 N–H and O–H groups in total. The lowest BCUT2D eigenvalue weighted by Crippen LogP contribution is -2.33. The van der Waals surface area contributed by atoms with Gasteiger partial charge in [-0.3, -0.25) is 9.48 Å². The quantitative estimate of drug-likeness (QED) is 0.768. The van der Waals surface area contributed by atoms with Crippen LogP contribution >= 0.6 is 15.9 Å². The highest BCUT2D eigenvalue weighted by atomic mass is 79.9. The highest BCUT2D eigenvalue weighted by Crippen LogP contribution is 2.10. The number of alkyl halides is 1. The van der Waals surface area contributed by atoms with E-state index in [0.717, 1.165) is 5.69 Å². The van der Waals surface area contributed by atoms with E-state index in [4.69, 9.17) is 4.74 Å². The molecule has 6 heteroatoms. The number of aryl methyl sites for hydroxylation is 2. The zero-order chi connectivity index (χ0) is 13.0. The molecule has 5 nitrogen and oxygen atoms in total. The first kappa shape index (κ1) is 14.2. The molecule has 0 saturated heterocycles. The van der Waals surface area contributed by atoms with Crippen molar-refractivity contribution in [3.8, 4) is 0 Å². The maximum Gasteiger partial charge on any atom is 0.257 e. The summed E-state index contributed by atoms with van der Waals surface area (Å²) in [5.41, 5.74) is 1.40. The zero-order valence-corrected chi connectivity index (χ0v) is 12.2. The number of aromatic nitrogens is 2. The second-order valence-electron chi connectivity index (χ2n) is 4.04. The normalized spacial score (nSPS) is 12.5. The minimum absolute atomic E-state index is 0.0175. The number of hydrogen-bond acceptors (Lipinski definition) is 3. The average molecular weight is 304 g/mol. The van der Waals surface area contributed by atoms with Crippen LogP contribution in [-0.4, -0.2) is 52.7 Å². The van der Waals surface area contributed by atoms with Crippen molar-refractivity contribution in [2.75, 3.05) is 27.3 Å². The maximum absolute atomic E-state index is 12.1. The van der Waals surface area contributed by atoms with Crippen molar-refractivity contribution in [3.63, 3.8) is 0 Å². The number of ether oxygens (including phenoxy) is 1. The van der Waals surface area contributed by atoms with E-state index in [9.17, 15) is 4.79 Å². The van der Waals surface area contributed by atoms with E-state index < -0.39 is 0 Å². The molecule has 17 heavy (non-hydrogen) atoms. The molecule has 0 bridgehead atoms. The largest absolute Gasteiger partial charge is 0.383 e. The monoisotopic (exact) mass is 303 g/mol. The Balaban J connectivity index is 2.66. The van der Waals surface area contributed by atoms with Crippen molar-refractivity contribution < 1.29 is 9.53 Å². The Kier molecular flexibility index (Phi) is 5.14. The van der Waals surface area contributed by atoms with Crippen LogP contribution in [0.25, 0.3) is 0 Å². The second kappa shape index (κ2) is 6.16. The first-order valence-electron chi connectivity index (χ1n) is 5.34. The van der Waals surface area contributed by atoms with Crippen LogP contribution < -0.4 is 0 Å². The third kappa shape index (κ3) is 3.81. The second-order valence-corrected chi connectivity index (χ2v) is 5.34. The summed E-state index contributed by atoms with van der Waals surface area (Å²) >= 11 is 3.46. The summed E-state index contributed by atoms with van der Waals surface area (Å²) in [6.45, 7) is 3.01. The summed E-state index contributed by atoms with van der Waals surface area (Å²) in [6, 6.07) is 0. The summed E-state index contributed by atoms with van der Waals surface area (Å²) < 4.78 is 6.67. The number of nitrogens with zero attached hydrogens (tertiary/aromatic N) is 3. The van der Waals surface area contributed by atoms with E-state index in [1.54, 1.807) is 29.9 Å². The first-order chi connectivity index (χ1) is 7.95. The Bertz CT molecular complexity index is 392. The van der Waals surface area contributed by atoms with E-state index in [2.05, 4.69) is 21.0 Å². The lowest BCUT2D eigenvalue weighted by molar-refractivity contribution is 0.0783. The molecule has 1 unspecified atom stereocenters. The fraction of sp³-hybridized carbons (Fsp3) is 0.636. The number of rotatable bonds is 5. The number of hydrogen-bond donors (Lipinski definition) is 0. The van der Waals surface area contributed by atoms with Gasteiger partial charge in [-0.15, -0.1) is 0 Å². The van der Waals surface area contributed by atoms with Gasteiger partial charge in [-0.1, -0.05) is 15.9 Å². The van der Waals surface area contributed by atoms with Gasteiger partial charge in [0.25, 0.3) is 5.91 Å². The number of carbonyl (C=O) groups is 1. The fourth-order valence-corrected chi connectivity index (χ4v) is 2.33. The topological polar surface area (TPSA) is 47.4 Å². The average Bonchev–Trinajstić information content (AvgIpc) is 2.56. The highest BCUT2D eigenvalue weighted by Gasteiger charge is 2.18. The van der Waals surface area contributed by atoms with Gasteiger partial charge < -0.3 is 9.64 Å². The Morgan fingerprint density at radius 2 is 2.35 bits per heavy atom. The van der Waals surface area contributed by atoms with Gasteiger partial charge in [-0.05, 0) is 6.92 Å². The van der Waals surface area contributed by atoms with Gasteiger partial charge in [0.05, 0.1) is 22.7 Å². The van der Waals surface area contributed by atoms with Crippen LogP contribution in [0.3, 0.4) is 0 Å². The maximum atomic E-state index is 12.1. The molecule has 1 atom stereocenters. The lowest BCUT2D eigenvalue weighted by Gasteiger charge is -2.19. The molecule has 1 rings (SSSR count). The molecule has 1 aromatic rings. The molecule has 0 aromatic carbocycles. The van der Waals surface area contributed by atoms with E-state index in [1.165, 1.54) is 0 Å². The molecule has 0 radical (unpaired) electrons. The molecule has 0 spiro atoms. The summed E-state index contributed by atoms with van der Waals surface area (Å²) in [5, 5.41) is 4.16. The van der Waals surface area contributed by atoms with Crippen LogP contribution in [-0.2, 0) is 11.8 Å². The van der Waals surface area contributed by atoms with Gasteiger partial charge in [0.1, 0.15) is 0 Å². The Morgan fingerprint density at radius 1 is 1.71 bits per heavy atom. The van der Waals surface area contributed by atoms with Gasteiger partial charge in [-0.2, -0.15) is 5.10 Å². The number of amides is 1. The molecule has 1 aromatic heterocycles. The van der Waals surface area contributed by atoms with Gasteiger partial charge in [-0.25, -0.2) is 0 Å². The number of halogens is 1. The van der Waals surface area contributed by atoms with Crippen LogP contribution in [0, 0.1) is 6.92 Å². The first-order valence-corrected chi connectivity index (χ1v) is 6.26. The van der Waals surface area contributed by atoms with E-state index >= 15 is 0 Å². The van der Waals surface area contributed by atoms with Crippen molar-refractivity contribution in [2.24, 2.45) is 7.05 Å². The highest BCUT2D eigenvalue weighted by molar-refractivity contribution is 9.09. The van der Waals surface area contributed by atoms with Crippen LogP contribution in [0.5, 0.6) is 0 Å². The summed E-state index contributed by atoms with van der Waals surface area (Å²) in [6.07, 6.45) is 1.74. The summed E-state index contributed by atoms with van der Waals surface area (Å²) in [7, 11) is 5.22. The summed E-state index contributed by atoms with van der Waals surface area (Å²) in [5.74, 6) is -0.0175. The van der Waals surface area contributed by atoms with Crippen molar-refractivity contribution in [3.05, 3.63) is 17.5 Å². The third-order valence-corrected chi connectivity index (χ3v) is 2.96. The Morgan fingerprint density at radius 3 is 2.82 bits per heavy atom. The molecule has 0 saturated carbocycles. The molecular weight excluding hydrogens is 286 g/mol. The lowest BCUT2D eigenvalue weighted by atomic mass is 10.2. The predicted molar refractivity (Wildman–Crippen MR) is 69.5 cm³/mol. The van der Waals surface area contributed by atoms with Crippen molar-refractivity contribution >= 4 is 21.8 Å². The number of carbonyl (C=O) groups excluding carboxylic acids is 1. The molecule has 96 valence electrons. The molecule has 0 aliphatic rings. The van der Waals surface area contributed by atoms with Crippen LogP contribution in [0.2, 0.25) is 0 Å². The SMILES string of the molecule is COCC(Br)CN(C)C(=O)c1cn(C)nc1C. The Hall–Kier alpha value is -0.880. The molecule has 1 heterocycles. The van der Waals surface area contributed by atoms with E-state index in [1.807, 2.05) is 14.0 Å². The van der Waals surface area contributed by atoms with Crippen LogP contribution in [0.1, 0.15) is 16.1 Å². The Labute approximate surface area is 110 Å². The predicted octanol–water partition coefficient (Wildman–Crippen LogP) is 1.21. The van der Waals surface area contributed by atoms with Gasteiger partial charge in [0.2, 0.25) is 0 Å². The smallest absolute Gasteiger partial charge is 0.257 e. The van der Waals surface area contributed by atoms with Crippen molar-refractivity contribution in [2.45, 2.75) is 11.8 Å². The third-order valence-electron chi connectivity index (χ3n) is 2.41. The van der Waals surface area contributed by atoms with Crippen LogP contribution in [0.4, 0.5) is 0 Å². The molecule has 0 aliphatic carbocycles. The minimum Gasteiger partial charge on any atom is -0.383 e. The van der Waals surface area contributed by atoms with Gasteiger partial charge in [0, 0.05) is 33.9 Å². The van der Waals surface area contributed by atoms with E-state index in [-0.39, 0.29) is 10.7 Å². The van der Waals surface area contributed by atoms with Gasteiger partial charge in [0.15, 0.2) is 0 Å².